The molecule has 3 rings (SSSR count). The number of hydrogen-bond donors (Lipinski definition) is 1. The first-order valence-electron chi connectivity index (χ1n) is 6.39. The maximum absolute atomic E-state index is 11.1. The Bertz CT molecular complexity index is 608. The maximum atomic E-state index is 11.1. The number of carboxylic acids is 1. The van der Waals surface area contributed by atoms with Crippen LogP contribution in [0.2, 0.25) is 0 Å². The van der Waals surface area contributed by atoms with Crippen LogP contribution in [0.3, 0.4) is 0 Å². The van der Waals surface area contributed by atoms with Crippen molar-refractivity contribution in [3.05, 3.63) is 36.0 Å². The van der Waals surface area contributed by atoms with Crippen LogP contribution in [-0.4, -0.2) is 15.6 Å². The topological polar surface area (TPSA) is 42.2 Å². The van der Waals surface area contributed by atoms with E-state index in [1.807, 2.05) is 19.3 Å². The summed E-state index contributed by atoms with van der Waals surface area (Å²) in [5.74, 6) is -0.692. The van der Waals surface area contributed by atoms with E-state index >= 15 is 0 Å². The van der Waals surface area contributed by atoms with Gasteiger partial charge in [0.1, 0.15) is 0 Å². The molecule has 1 heterocycles. The van der Waals surface area contributed by atoms with Crippen LogP contribution in [0, 0.1) is 0 Å². The molecule has 1 aromatic carbocycles. The second-order valence-corrected chi connectivity index (χ2v) is 5.37. The third-order valence-corrected chi connectivity index (χ3v) is 4.30. The van der Waals surface area contributed by atoms with Gasteiger partial charge in [-0.1, -0.05) is 18.6 Å². The first kappa shape index (κ1) is 11.3. The van der Waals surface area contributed by atoms with E-state index in [0.29, 0.717) is 0 Å². The van der Waals surface area contributed by atoms with Gasteiger partial charge in [0.05, 0.1) is 6.42 Å². The van der Waals surface area contributed by atoms with E-state index in [2.05, 4.69) is 22.8 Å². The zero-order chi connectivity index (χ0) is 12.8. The predicted molar refractivity (Wildman–Crippen MR) is 70.7 cm³/mol. The lowest BCUT2D eigenvalue weighted by atomic mass is 9.62. The van der Waals surface area contributed by atoms with E-state index < -0.39 is 5.97 Å². The van der Waals surface area contributed by atoms with Crippen LogP contribution in [0.5, 0.6) is 0 Å². The quantitative estimate of drug-likeness (QED) is 0.900. The third kappa shape index (κ3) is 1.54. The molecule has 1 aromatic heterocycles. The number of nitrogens with zero attached hydrogens (tertiary/aromatic N) is 1. The Kier molecular flexibility index (Phi) is 2.44. The summed E-state index contributed by atoms with van der Waals surface area (Å²) in [5, 5.41) is 10.4. The fourth-order valence-corrected chi connectivity index (χ4v) is 3.20. The monoisotopic (exact) mass is 243 g/mol. The Hall–Kier alpha value is -1.77. The van der Waals surface area contributed by atoms with Crippen LogP contribution in [0.15, 0.2) is 30.5 Å². The summed E-state index contributed by atoms with van der Waals surface area (Å²) in [7, 11) is 2.02. The van der Waals surface area contributed by atoms with Crippen LogP contribution in [0.4, 0.5) is 0 Å². The smallest absolute Gasteiger partial charge is 0.304 e. The van der Waals surface area contributed by atoms with Crippen molar-refractivity contribution in [2.75, 3.05) is 0 Å². The van der Waals surface area contributed by atoms with Crippen LogP contribution in [0.25, 0.3) is 10.9 Å². The first-order chi connectivity index (χ1) is 8.62. The molecule has 1 saturated carbocycles. The van der Waals surface area contributed by atoms with Gasteiger partial charge in [0.25, 0.3) is 0 Å². The third-order valence-electron chi connectivity index (χ3n) is 4.30. The van der Waals surface area contributed by atoms with E-state index in [1.165, 1.54) is 16.5 Å². The zero-order valence-corrected chi connectivity index (χ0v) is 10.5. The number of carboxylic acid groups (broad SMARTS) is 1. The largest absolute Gasteiger partial charge is 0.481 e. The van der Waals surface area contributed by atoms with Crippen molar-refractivity contribution in [1.29, 1.82) is 0 Å². The van der Waals surface area contributed by atoms with Crippen LogP contribution >= 0.6 is 0 Å². The van der Waals surface area contributed by atoms with Crippen molar-refractivity contribution in [2.24, 2.45) is 7.05 Å². The molecule has 0 bridgehead atoms. The maximum Gasteiger partial charge on any atom is 0.304 e. The molecule has 0 aliphatic heterocycles. The number of hydrogen-bond acceptors (Lipinski definition) is 1. The minimum atomic E-state index is -0.692. The second-order valence-electron chi connectivity index (χ2n) is 5.37. The highest BCUT2D eigenvalue weighted by molar-refractivity contribution is 5.86. The van der Waals surface area contributed by atoms with Gasteiger partial charge in [-0.05, 0) is 30.5 Å². The molecule has 0 spiro atoms. The number of carbonyl (C=O) groups is 1. The standard InChI is InChI=1S/C15H17NO2/c1-16-9-6-11-12(4-2-5-13(11)16)15(7-3-8-15)10-14(17)18/h2,4-6,9H,3,7-8,10H2,1H3,(H,17,18). The van der Waals surface area contributed by atoms with Crippen molar-refractivity contribution in [3.63, 3.8) is 0 Å². The molecular formula is C15H17NO2. The Balaban J connectivity index is 2.15. The molecule has 1 N–H and O–H groups in total. The average Bonchev–Trinajstić information content (AvgIpc) is 2.66. The lowest BCUT2D eigenvalue weighted by molar-refractivity contribution is -0.139. The SMILES string of the molecule is Cn1ccc2c(C3(CC(=O)O)CCC3)cccc21. The molecule has 1 aliphatic rings. The molecule has 3 nitrogen and oxygen atoms in total. The van der Waals surface area contributed by atoms with Gasteiger partial charge in [-0.2, -0.15) is 0 Å². The number of benzene rings is 1. The molecule has 3 heteroatoms. The highest BCUT2D eigenvalue weighted by Gasteiger charge is 2.41. The molecule has 94 valence electrons. The fraction of sp³-hybridized carbons (Fsp3) is 0.400. The summed E-state index contributed by atoms with van der Waals surface area (Å²) in [6.07, 6.45) is 5.42. The number of aryl methyl sites for hydroxylation is 1. The van der Waals surface area contributed by atoms with Crippen molar-refractivity contribution >= 4 is 16.9 Å². The summed E-state index contributed by atoms with van der Waals surface area (Å²) in [6.45, 7) is 0. The molecule has 1 aliphatic carbocycles. The van der Waals surface area contributed by atoms with Crippen molar-refractivity contribution in [2.45, 2.75) is 31.1 Å². The molecule has 0 radical (unpaired) electrons. The Morgan fingerprint density at radius 1 is 1.39 bits per heavy atom. The Labute approximate surface area is 106 Å². The van der Waals surface area contributed by atoms with Gasteiger partial charge in [-0.15, -0.1) is 0 Å². The van der Waals surface area contributed by atoms with E-state index in [1.54, 1.807) is 0 Å². The van der Waals surface area contributed by atoms with E-state index in [-0.39, 0.29) is 11.8 Å². The number of aromatic nitrogens is 1. The van der Waals surface area contributed by atoms with E-state index in [9.17, 15) is 4.79 Å². The summed E-state index contributed by atoms with van der Waals surface area (Å²) in [5.41, 5.74) is 2.27. The summed E-state index contributed by atoms with van der Waals surface area (Å²) < 4.78 is 2.09. The number of fused-ring (bicyclic) bond motifs is 1. The molecule has 1 fully saturated rings. The average molecular weight is 243 g/mol. The van der Waals surface area contributed by atoms with Crippen LogP contribution in [-0.2, 0) is 17.3 Å². The van der Waals surface area contributed by atoms with Crippen molar-refractivity contribution in [1.82, 2.24) is 4.57 Å². The van der Waals surface area contributed by atoms with Gasteiger partial charge in [0, 0.05) is 29.6 Å². The molecule has 0 saturated heterocycles. The molecule has 18 heavy (non-hydrogen) atoms. The Morgan fingerprint density at radius 3 is 2.78 bits per heavy atom. The second kappa shape index (κ2) is 3.87. The lowest BCUT2D eigenvalue weighted by Gasteiger charge is -2.41. The highest BCUT2D eigenvalue weighted by atomic mass is 16.4. The normalized spacial score (nSPS) is 17.6. The van der Waals surface area contributed by atoms with Crippen molar-refractivity contribution in [3.8, 4) is 0 Å². The van der Waals surface area contributed by atoms with Gasteiger partial charge in [-0.25, -0.2) is 0 Å². The molecule has 0 amide bonds. The minimum Gasteiger partial charge on any atom is -0.481 e. The first-order valence-corrected chi connectivity index (χ1v) is 6.39. The predicted octanol–water partition coefficient (Wildman–Crippen LogP) is 3.07. The minimum absolute atomic E-state index is 0.132. The number of rotatable bonds is 3. The molecule has 0 atom stereocenters. The van der Waals surface area contributed by atoms with Gasteiger partial charge >= 0.3 is 5.97 Å². The van der Waals surface area contributed by atoms with Crippen molar-refractivity contribution < 1.29 is 9.90 Å². The van der Waals surface area contributed by atoms with Gasteiger partial charge in [-0.3, -0.25) is 4.79 Å². The summed E-state index contributed by atoms with van der Waals surface area (Å²) in [6, 6.07) is 8.34. The summed E-state index contributed by atoms with van der Waals surface area (Å²) >= 11 is 0. The van der Waals surface area contributed by atoms with Crippen LogP contribution in [0.1, 0.15) is 31.2 Å². The number of aliphatic carboxylic acids is 1. The van der Waals surface area contributed by atoms with Crippen LogP contribution < -0.4 is 0 Å². The summed E-state index contributed by atoms with van der Waals surface area (Å²) in [4.78, 5) is 11.1. The van der Waals surface area contributed by atoms with Gasteiger partial charge < -0.3 is 9.67 Å². The van der Waals surface area contributed by atoms with Gasteiger partial charge in [0.15, 0.2) is 0 Å². The van der Waals surface area contributed by atoms with E-state index in [0.717, 1.165) is 19.3 Å². The van der Waals surface area contributed by atoms with E-state index in [4.69, 9.17) is 5.11 Å². The fourth-order valence-electron chi connectivity index (χ4n) is 3.20. The molecule has 2 aromatic rings. The Morgan fingerprint density at radius 2 is 2.17 bits per heavy atom. The molecular weight excluding hydrogens is 226 g/mol. The molecule has 0 unspecified atom stereocenters. The van der Waals surface area contributed by atoms with Gasteiger partial charge in [0.2, 0.25) is 0 Å². The highest BCUT2D eigenvalue weighted by Crippen LogP contribution is 2.48. The zero-order valence-electron chi connectivity index (χ0n) is 10.5. The lowest BCUT2D eigenvalue weighted by Crippen LogP contribution is -2.36.